The number of rotatable bonds is 6. The molecular weight excluding hydrogens is 282 g/mol. The second kappa shape index (κ2) is 7.94. The van der Waals surface area contributed by atoms with E-state index in [0.717, 1.165) is 18.4 Å². The lowest BCUT2D eigenvalue weighted by Gasteiger charge is -2.33. The van der Waals surface area contributed by atoms with E-state index in [2.05, 4.69) is 0 Å². The Hall–Kier alpha value is -1.88. The highest BCUT2D eigenvalue weighted by atomic mass is 16.5. The zero-order valence-electron chi connectivity index (χ0n) is 12.9. The van der Waals surface area contributed by atoms with Crippen molar-refractivity contribution in [3.05, 3.63) is 35.9 Å². The van der Waals surface area contributed by atoms with Gasteiger partial charge in [0.1, 0.15) is 0 Å². The van der Waals surface area contributed by atoms with Gasteiger partial charge in [-0.3, -0.25) is 9.59 Å². The predicted molar refractivity (Wildman–Crippen MR) is 82.2 cm³/mol. The van der Waals surface area contributed by atoms with Crippen molar-refractivity contribution in [1.29, 1.82) is 0 Å². The van der Waals surface area contributed by atoms with Crippen LogP contribution in [0.1, 0.15) is 31.7 Å². The van der Waals surface area contributed by atoms with Crippen LogP contribution in [0.3, 0.4) is 0 Å². The maximum Gasteiger partial charge on any atom is 0.305 e. The molecule has 2 unspecified atom stereocenters. The topological polar surface area (TPSA) is 66.8 Å². The summed E-state index contributed by atoms with van der Waals surface area (Å²) in [6.45, 7) is 3.28. The fourth-order valence-electron chi connectivity index (χ4n) is 2.78. The minimum atomic E-state index is -0.890. The fourth-order valence-corrected chi connectivity index (χ4v) is 2.78. The summed E-state index contributed by atoms with van der Waals surface area (Å²) in [6.07, 6.45) is 1.53. The molecule has 0 radical (unpaired) electrons. The number of amides is 1. The van der Waals surface area contributed by atoms with Crippen molar-refractivity contribution in [2.45, 2.75) is 38.8 Å². The second-order valence-corrected chi connectivity index (χ2v) is 5.71. The van der Waals surface area contributed by atoms with Gasteiger partial charge in [0.2, 0.25) is 5.91 Å². The van der Waals surface area contributed by atoms with Crippen LogP contribution in [0.2, 0.25) is 0 Å². The average Bonchev–Trinajstić information content (AvgIpc) is 2.52. The molecule has 1 aliphatic rings. The molecule has 1 heterocycles. The first kappa shape index (κ1) is 16.5. The summed E-state index contributed by atoms with van der Waals surface area (Å²) in [7, 11) is 0. The molecule has 0 saturated carbocycles. The van der Waals surface area contributed by atoms with Crippen molar-refractivity contribution in [3.63, 3.8) is 0 Å². The van der Waals surface area contributed by atoms with E-state index in [-0.39, 0.29) is 30.9 Å². The van der Waals surface area contributed by atoms with Gasteiger partial charge in [0.05, 0.1) is 18.4 Å². The summed E-state index contributed by atoms with van der Waals surface area (Å²) in [5.41, 5.74) is 1.01. The number of carboxylic acids is 1. The molecule has 0 bridgehead atoms. The Morgan fingerprint density at radius 3 is 2.68 bits per heavy atom. The molecule has 1 aromatic carbocycles. The number of nitrogens with zero attached hydrogens (tertiary/aromatic N) is 1. The fraction of sp³-hybridized carbons (Fsp3) is 0.529. The van der Waals surface area contributed by atoms with Gasteiger partial charge in [-0.1, -0.05) is 30.3 Å². The standard InChI is InChI=1S/C17H23NO4/c1-13-15(8-5-11-22-13)17(21)18(10-9-16(19)20)12-14-6-3-2-4-7-14/h2-4,6-7,13,15H,5,8-12H2,1H3,(H,19,20). The molecule has 1 aliphatic heterocycles. The third-order valence-electron chi connectivity index (χ3n) is 4.05. The molecule has 1 amide bonds. The number of carbonyl (C=O) groups is 2. The molecule has 5 nitrogen and oxygen atoms in total. The van der Waals surface area contributed by atoms with Crippen LogP contribution in [0.15, 0.2) is 30.3 Å². The maximum atomic E-state index is 12.8. The number of hydrogen-bond acceptors (Lipinski definition) is 3. The molecule has 120 valence electrons. The van der Waals surface area contributed by atoms with Gasteiger partial charge in [0.15, 0.2) is 0 Å². The Labute approximate surface area is 130 Å². The van der Waals surface area contributed by atoms with Crippen LogP contribution in [0.5, 0.6) is 0 Å². The molecule has 22 heavy (non-hydrogen) atoms. The van der Waals surface area contributed by atoms with E-state index < -0.39 is 5.97 Å². The number of hydrogen-bond donors (Lipinski definition) is 1. The molecule has 1 saturated heterocycles. The van der Waals surface area contributed by atoms with Crippen molar-refractivity contribution in [2.75, 3.05) is 13.2 Å². The summed E-state index contributed by atoms with van der Waals surface area (Å²) < 4.78 is 5.57. The molecule has 2 atom stereocenters. The van der Waals surface area contributed by atoms with E-state index in [0.29, 0.717) is 13.2 Å². The van der Waals surface area contributed by atoms with Crippen molar-refractivity contribution in [1.82, 2.24) is 4.90 Å². The number of carbonyl (C=O) groups excluding carboxylic acids is 1. The normalized spacial score (nSPS) is 21.3. The van der Waals surface area contributed by atoms with Gasteiger partial charge in [0.25, 0.3) is 0 Å². The van der Waals surface area contributed by atoms with Crippen LogP contribution in [0.4, 0.5) is 0 Å². The molecule has 5 heteroatoms. The third kappa shape index (κ3) is 4.56. The lowest BCUT2D eigenvalue weighted by atomic mass is 9.93. The van der Waals surface area contributed by atoms with Crippen LogP contribution >= 0.6 is 0 Å². The van der Waals surface area contributed by atoms with E-state index >= 15 is 0 Å². The highest BCUT2D eigenvalue weighted by molar-refractivity contribution is 5.80. The largest absolute Gasteiger partial charge is 0.481 e. The summed E-state index contributed by atoms with van der Waals surface area (Å²) in [6, 6.07) is 9.65. The second-order valence-electron chi connectivity index (χ2n) is 5.71. The van der Waals surface area contributed by atoms with E-state index in [4.69, 9.17) is 9.84 Å². The van der Waals surface area contributed by atoms with E-state index in [1.165, 1.54) is 0 Å². The Balaban J connectivity index is 2.08. The van der Waals surface area contributed by atoms with Crippen molar-refractivity contribution in [2.24, 2.45) is 5.92 Å². The zero-order valence-corrected chi connectivity index (χ0v) is 12.9. The molecule has 1 fully saturated rings. The molecule has 1 aromatic rings. The van der Waals surface area contributed by atoms with Gasteiger partial charge in [0, 0.05) is 19.7 Å². The first-order valence-electron chi connectivity index (χ1n) is 7.74. The maximum absolute atomic E-state index is 12.8. The monoisotopic (exact) mass is 305 g/mol. The predicted octanol–water partition coefficient (Wildman–Crippen LogP) is 2.30. The molecule has 0 aromatic heterocycles. The average molecular weight is 305 g/mol. The van der Waals surface area contributed by atoms with Gasteiger partial charge in [-0.25, -0.2) is 0 Å². The van der Waals surface area contributed by atoms with Crippen LogP contribution in [-0.4, -0.2) is 41.1 Å². The number of benzene rings is 1. The van der Waals surface area contributed by atoms with Crippen LogP contribution in [0.25, 0.3) is 0 Å². The molecule has 2 rings (SSSR count). The Bertz CT molecular complexity index is 503. The van der Waals surface area contributed by atoms with E-state index in [1.54, 1.807) is 4.90 Å². The lowest BCUT2D eigenvalue weighted by Crippen LogP contribution is -2.43. The first-order chi connectivity index (χ1) is 10.6. The van der Waals surface area contributed by atoms with Crippen LogP contribution in [-0.2, 0) is 20.9 Å². The summed E-state index contributed by atoms with van der Waals surface area (Å²) in [5, 5.41) is 8.91. The van der Waals surface area contributed by atoms with Crippen molar-refractivity contribution >= 4 is 11.9 Å². The van der Waals surface area contributed by atoms with Gasteiger partial charge < -0.3 is 14.7 Å². The van der Waals surface area contributed by atoms with E-state index in [1.807, 2.05) is 37.3 Å². The van der Waals surface area contributed by atoms with E-state index in [9.17, 15) is 9.59 Å². The Kier molecular flexibility index (Phi) is 5.95. The molecule has 1 N–H and O–H groups in total. The minimum Gasteiger partial charge on any atom is -0.481 e. The van der Waals surface area contributed by atoms with Crippen molar-refractivity contribution in [3.8, 4) is 0 Å². The smallest absolute Gasteiger partial charge is 0.305 e. The highest BCUT2D eigenvalue weighted by Crippen LogP contribution is 2.23. The number of ether oxygens (including phenoxy) is 1. The van der Waals surface area contributed by atoms with Crippen LogP contribution in [0, 0.1) is 5.92 Å². The summed E-state index contributed by atoms with van der Waals surface area (Å²) in [5.74, 6) is -1.07. The van der Waals surface area contributed by atoms with Crippen molar-refractivity contribution < 1.29 is 19.4 Å². The Morgan fingerprint density at radius 2 is 2.05 bits per heavy atom. The minimum absolute atomic E-state index is 0.00250. The quantitative estimate of drug-likeness (QED) is 0.876. The zero-order chi connectivity index (χ0) is 15.9. The SMILES string of the molecule is CC1OCCCC1C(=O)N(CCC(=O)O)Cc1ccccc1. The lowest BCUT2D eigenvalue weighted by molar-refractivity contribution is -0.146. The van der Waals surface area contributed by atoms with Gasteiger partial charge in [-0.15, -0.1) is 0 Å². The van der Waals surface area contributed by atoms with Gasteiger partial charge in [-0.05, 0) is 25.3 Å². The van der Waals surface area contributed by atoms with Gasteiger partial charge >= 0.3 is 5.97 Å². The summed E-state index contributed by atoms with van der Waals surface area (Å²) >= 11 is 0. The van der Waals surface area contributed by atoms with Crippen LogP contribution < -0.4 is 0 Å². The molecular formula is C17H23NO4. The Morgan fingerprint density at radius 1 is 1.32 bits per heavy atom. The highest BCUT2D eigenvalue weighted by Gasteiger charge is 2.32. The summed E-state index contributed by atoms with van der Waals surface area (Å²) in [4.78, 5) is 25.3. The van der Waals surface area contributed by atoms with Gasteiger partial charge in [-0.2, -0.15) is 0 Å². The molecule has 0 aliphatic carbocycles. The number of aliphatic carboxylic acids is 1. The molecule has 0 spiro atoms. The third-order valence-corrected chi connectivity index (χ3v) is 4.05. The first-order valence-corrected chi connectivity index (χ1v) is 7.74. The number of carboxylic acid groups (broad SMARTS) is 1.